The van der Waals surface area contributed by atoms with Crippen LogP contribution < -0.4 is 15.5 Å². The molecule has 2 aromatic heterocycles. The van der Waals surface area contributed by atoms with Crippen LogP contribution in [0.3, 0.4) is 0 Å². The van der Waals surface area contributed by atoms with Crippen LogP contribution in [0.15, 0.2) is 30.6 Å². The van der Waals surface area contributed by atoms with E-state index >= 15 is 8.78 Å². The van der Waals surface area contributed by atoms with Crippen LogP contribution in [0.25, 0.3) is 0 Å². The highest BCUT2D eigenvalue weighted by atomic mass is 35.5. The van der Waals surface area contributed by atoms with Gasteiger partial charge in [-0.15, -0.1) is 0 Å². The summed E-state index contributed by atoms with van der Waals surface area (Å²) in [5.41, 5.74) is -1.45. The second-order valence-corrected chi connectivity index (χ2v) is 9.25. The van der Waals surface area contributed by atoms with Crippen LogP contribution in [-0.4, -0.2) is 46.3 Å². The first-order valence-corrected chi connectivity index (χ1v) is 11.2. The first-order chi connectivity index (χ1) is 16.2. The lowest BCUT2D eigenvalue weighted by atomic mass is 9.71. The third-order valence-corrected chi connectivity index (χ3v) is 6.78. The second kappa shape index (κ2) is 8.28. The number of halogens is 4. The van der Waals surface area contributed by atoms with Gasteiger partial charge < -0.3 is 10.6 Å². The van der Waals surface area contributed by atoms with Gasteiger partial charge in [0.1, 0.15) is 5.82 Å². The number of fused-ring (bicyclic) bond motifs is 1. The molecule has 1 amide bonds. The zero-order chi connectivity index (χ0) is 24.2. The molecule has 0 saturated carbocycles. The fourth-order valence-electron chi connectivity index (χ4n) is 4.82. The van der Waals surface area contributed by atoms with Crippen molar-refractivity contribution in [1.82, 2.24) is 20.1 Å². The summed E-state index contributed by atoms with van der Waals surface area (Å²) in [7, 11) is 1.52. The van der Waals surface area contributed by atoms with Crippen molar-refractivity contribution in [3.05, 3.63) is 69.8 Å². The number of hydrogen-bond donors (Lipinski definition) is 2. The SMILES string of the molecule is Cn1cc(F)c(N2CC(C)(c3cccc(Cl)c3F)c3c(cnc(N[C@@H]4CCNC4)c3F)C2=O)n1. The number of amides is 1. The Labute approximate surface area is 198 Å². The molecule has 4 heterocycles. The molecule has 2 aliphatic heterocycles. The van der Waals surface area contributed by atoms with Crippen molar-refractivity contribution in [2.24, 2.45) is 7.05 Å². The molecule has 2 N–H and O–H groups in total. The van der Waals surface area contributed by atoms with E-state index in [1.54, 1.807) is 13.0 Å². The summed E-state index contributed by atoms with van der Waals surface area (Å²) in [5, 5.41) is 10.2. The van der Waals surface area contributed by atoms with Gasteiger partial charge in [-0.2, -0.15) is 5.10 Å². The molecule has 2 atom stereocenters. The van der Waals surface area contributed by atoms with Gasteiger partial charge >= 0.3 is 0 Å². The van der Waals surface area contributed by atoms with Crippen molar-refractivity contribution in [2.75, 3.05) is 29.9 Å². The lowest BCUT2D eigenvalue weighted by Crippen LogP contribution is -2.50. The lowest BCUT2D eigenvalue weighted by molar-refractivity contribution is 0.0966. The molecular weight excluding hydrogens is 469 g/mol. The van der Waals surface area contributed by atoms with Crippen LogP contribution in [-0.2, 0) is 12.5 Å². The second-order valence-electron chi connectivity index (χ2n) is 8.84. The van der Waals surface area contributed by atoms with Crippen molar-refractivity contribution >= 4 is 29.1 Å². The topological polar surface area (TPSA) is 75.1 Å². The van der Waals surface area contributed by atoms with E-state index in [0.29, 0.717) is 6.54 Å². The molecule has 0 aliphatic carbocycles. The Bertz CT molecular complexity index is 1290. The molecule has 0 bridgehead atoms. The lowest BCUT2D eigenvalue weighted by Gasteiger charge is -2.41. The molecule has 1 aromatic carbocycles. The Hall–Kier alpha value is -3.11. The van der Waals surface area contributed by atoms with Gasteiger partial charge in [-0.3, -0.25) is 14.4 Å². The fraction of sp³-hybridized carbons (Fsp3) is 0.348. The molecule has 7 nitrogen and oxygen atoms in total. The third-order valence-electron chi connectivity index (χ3n) is 6.49. The van der Waals surface area contributed by atoms with Crippen LogP contribution in [0.5, 0.6) is 0 Å². The van der Waals surface area contributed by atoms with E-state index in [1.165, 1.54) is 30.1 Å². The van der Waals surface area contributed by atoms with Crippen molar-refractivity contribution in [1.29, 1.82) is 0 Å². The number of nitrogens with zero attached hydrogens (tertiary/aromatic N) is 4. The van der Waals surface area contributed by atoms with Crippen LogP contribution in [0.4, 0.5) is 24.8 Å². The van der Waals surface area contributed by atoms with E-state index < -0.39 is 28.8 Å². The van der Waals surface area contributed by atoms with Crippen LogP contribution in [0.2, 0.25) is 5.02 Å². The molecule has 34 heavy (non-hydrogen) atoms. The van der Waals surface area contributed by atoms with E-state index in [2.05, 4.69) is 20.7 Å². The minimum atomic E-state index is -1.42. The van der Waals surface area contributed by atoms with Gasteiger partial charge in [0.2, 0.25) is 0 Å². The molecule has 3 aromatic rings. The number of anilines is 2. The number of carbonyl (C=O) groups is 1. The van der Waals surface area contributed by atoms with E-state index in [1.807, 2.05) is 0 Å². The largest absolute Gasteiger partial charge is 0.364 e. The Morgan fingerprint density at radius 1 is 1.26 bits per heavy atom. The number of aromatic nitrogens is 3. The van der Waals surface area contributed by atoms with E-state index in [0.717, 1.165) is 24.1 Å². The maximum atomic E-state index is 16.0. The van der Waals surface area contributed by atoms with Gasteiger partial charge in [0.15, 0.2) is 23.3 Å². The molecule has 2 aliphatic rings. The maximum absolute atomic E-state index is 16.0. The molecule has 1 saturated heterocycles. The van der Waals surface area contributed by atoms with E-state index in [4.69, 9.17) is 11.6 Å². The summed E-state index contributed by atoms with van der Waals surface area (Å²) < 4.78 is 47.2. The van der Waals surface area contributed by atoms with Gasteiger partial charge in [-0.1, -0.05) is 23.7 Å². The molecule has 5 rings (SSSR count). The smallest absolute Gasteiger partial charge is 0.261 e. The molecule has 11 heteroatoms. The Morgan fingerprint density at radius 2 is 2.06 bits per heavy atom. The minimum absolute atomic E-state index is 0.0188. The van der Waals surface area contributed by atoms with Gasteiger partial charge in [-0.25, -0.2) is 18.2 Å². The van der Waals surface area contributed by atoms with Gasteiger partial charge in [0.05, 0.1) is 16.8 Å². The minimum Gasteiger partial charge on any atom is -0.364 e. The average Bonchev–Trinajstić information content (AvgIpc) is 3.43. The van der Waals surface area contributed by atoms with Gasteiger partial charge in [-0.05, 0) is 26.0 Å². The number of benzene rings is 1. The number of hydrogen-bond acceptors (Lipinski definition) is 5. The Morgan fingerprint density at radius 3 is 2.74 bits per heavy atom. The number of pyridine rings is 1. The standard InChI is InChI=1S/C23H22ClF3N6O/c1-23(14-4-3-5-15(24)18(14)26)11-33(21-16(25)10-32(2)31-21)22(34)13-9-29-20(19(27)17(13)23)30-12-6-7-28-8-12/h3-5,9-10,12,28H,6-8,11H2,1-2H3,(H,29,30)/t12-,23?/m1/s1. The first-order valence-electron chi connectivity index (χ1n) is 10.8. The highest BCUT2D eigenvalue weighted by Gasteiger charge is 2.47. The van der Waals surface area contributed by atoms with Crippen molar-refractivity contribution in [3.8, 4) is 0 Å². The highest BCUT2D eigenvalue weighted by molar-refractivity contribution is 6.30. The summed E-state index contributed by atoms with van der Waals surface area (Å²) in [5.74, 6) is -3.14. The predicted molar refractivity (Wildman–Crippen MR) is 122 cm³/mol. The van der Waals surface area contributed by atoms with E-state index in [-0.39, 0.29) is 45.9 Å². The first kappa shape index (κ1) is 22.7. The molecule has 0 radical (unpaired) electrons. The zero-order valence-electron chi connectivity index (χ0n) is 18.5. The predicted octanol–water partition coefficient (Wildman–Crippen LogP) is 3.63. The quantitative estimate of drug-likeness (QED) is 0.584. The highest BCUT2D eigenvalue weighted by Crippen LogP contribution is 2.44. The maximum Gasteiger partial charge on any atom is 0.261 e. The Kier molecular flexibility index (Phi) is 5.52. The molecule has 1 fully saturated rings. The van der Waals surface area contributed by atoms with Gasteiger partial charge in [0, 0.05) is 48.9 Å². The summed E-state index contributed by atoms with van der Waals surface area (Å²) in [6.45, 7) is 2.78. The monoisotopic (exact) mass is 490 g/mol. The van der Waals surface area contributed by atoms with Crippen LogP contribution in [0, 0.1) is 17.5 Å². The summed E-state index contributed by atoms with van der Waals surface area (Å²) in [6, 6.07) is 4.39. The number of nitrogens with one attached hydrogen (secondary N) is 2. The number of rotatable bonds is 4. The van der Waals surface area contributed by atoms with Crippen molar-refractivity contribution in [2.45, 2.75) is 24.8 Å². The summed E-state index contributed by atoms with van der Waals surface area (Å²) >= 11 is 6.06. The fourth-order valence-corrected chi connectivity index (χ4v) is 5.00. The summed E-state index contributed by atoms with van der Waals surface area (Å²) in [6.07, 6.45) is 3.15. The number of carbonyl (C=O) groups excluding carboxylic acids is 1. The number of aryl methyl sites for hydroxylation is 1. The van der Waals surface area contributed by atoms with Crippen molar-refractivity contribution in [3.63, 3.8) is 0 Å². The van der Waals surface area contributed by atoms with Crippen LogP contribution >= 0.6 is 11.6 Å². The zero-order valence-corrected chi connectivity index (χ0v) is 19.3. The van der Waals surface area contributed by atoms with Crippen molar-refractivity contribution < 1.29 is 18.0 Å². The molecular formula is C23H22ClF3N6O. The normalized spacial score (nSPS) is 22.2. The van der Waals surface area contributed by atoms with Gasteiger partial charge in [0.25, 0.3) is 5.91 Å². The Balaban J connectivity index is 1.72. The third kappa shape index (κ3) is 3.52. The van der Waals surface area contributed by atoms with E-state index in [9.17, 15) is 9.18 Å². The average molecular weight is 491 g/mol. The molecule has 178 valence electrons. The molecule has 0 spiro atoms. The van der Waals surface area contributed by atoms with Crippen LogP contribution in [0.1, 0.15) is 34.8 Å². The molecule has 1 unspecified atom stereocenters. The summed E-state index contributed by atoms with van der Waals surface area (Å²) in [4.78, 5) is 18.7.